The van der Waals surface area contributed by atoms with Crippen molar-refractivity contribution in [1.29, 1.82) is 0 Å². The molecule has 2 fully saturated rings. The highest BCUT2D eigenvalue weighted by molar-refractivity contribution is 5.68. The van der Waals surface area contributed by atoms with E-state index < -0.39 is 48.1 Å². The minimum atomic E-state index is -1.16. The summed E-state index contributed by atoms with van der Waals surface area (Å²) in [6, 6.07) is 0. The lowest BCUT2D eigenvalue weighted by molar-refractivity contribution is -0.289. The molecule has 2 saturated heterocycles. The Morgan fingerprint density at radius 3 is 1.87 bits per heavy atom. The standard InChI is InChI=1S/C15H22O8/c1-7-11(20-8(2)16)12(21-9(3)17)14(22-10(4)18)23-13(7)15(5)6-19-15/h7,11-14H,6H2,1-5H3/t7-,11+,12-,13+,14?,15?/m0/s1. The zero-order valence-electron chi connectivity index (χ0n) is 13.9. The first kappa shape index (κ1) is 17.7. The second-order valence-corrected chi connectivity index (χ2v) is 6.14. The number of epoxide rings is 1. The zero-order chi connectivity index (χ0) is 17.4. The van der Waals surface area contributed by atoms with E-state index in [0.717, 1.165) is 0 Å². The number of ether oxygens (including phenoxy) is 5. The van der Waals surface area contributed by atoms with Gasteiger partial charge in [0.2, 0.25) is 12.4 Å². The van der Waals surface area contributed by atoms with Crippen LogP contribution in [0, 0.1) is 5.92 Å². The van der Waals surface area contributed by atoms with E-state index in [9.17, 15) is 14.4 Å². The molecule has 0 bridgehead atoms. The highest BCUT2D eigenvalue weighted by Gasteiger charge is 2.59. The summed E-state index contributed by atoms with van der Waals surface area (Å²) >= 11 is 0. The number of rotatable bonds is 4. The van der Waals surface area contributed by atoms with Gasteiger partial charge in [0, 0.05) is 26.7 Å². The summed E-state index contributed by atoms with van der Waals surface area (Å²) in [7, 11) is 0. The van der Waals surface area contributed by atoms with Crippen molar-refractivity contribution in [3.63, 3.8) is 0 Å². The number of carbonyl (C=O) groups excluding carboxylic acids is 3. The Morgan fingerprint density at radius 2 is 1.43 bits per heavy atom. The van der Waals surface area contributed by atoms with Crippen molar-refractivity contribution in [2.24, 2.45) is 5.92 Å². The van der Waals surface area contributed by atoms with E-state index in [1.807, 2.05) is 13.8 Å². The third kappa shape index (κ3) is 4.00. The van der Waals surface area contributed by atoms with Crippen molar-refractivity contribution >= 4 is 17.9 Å². The summed E-state index contributed by atoms with van der Waals surface area (Å²) in [6.07, 6.45) is -3.47. The third-order valence-electron chi connectivity index (χ3n) is 3.96. The van der Waals surface area contributed by atoms with Gasteiger partial charge in [-0.2, -0.15) is 0 Å². The van der Waals surface area contributed by atoms with Gasteiger partial charge in [0.05, 0.1) is 12.7 Å². The van der Waals surface area contributed by atoms with E-state index >= 15 is 0 Å². The lowest BCUT2D eigenvalue weighted by Gasteiger charge is -2.44. The molecule has 8 nitrogen and oxygen atoms in total. The summed E-state index contributed by atoms with van der Waals surface area (Å²) in [6.45, 7) is 7.86. The van der Waals surface area contributed by atoms with Gasteiger partial charge in [0.25, 0.3) is 0 Å². The van der Waals surface area contributed by atoms with Crippen LogP contribution >= 0.6 is 0 Å². The summed E-state index contributed by atoms with van der Waals surface area (Å²) in [5.74, 6) is -2.03. The summed E-state index contributed by atoms with van der Waals surface area (Å²) < 4.78 is 26.9. The normalized spacial score (nSPS) is 39.3. The van der Waals surface area contributed by atoms with Crippen LogP contribution in [0.2, 0.25) is 0 Å². The highest BCUT2D eigenvalue weighted by Crippen LogP contribution is 2.43. The van der Waals surface area contributed by atoms with Crippen LogP contribution in [0.1, 0.15) is 34.6 Å². The van der Waals surface area contributed by atoms with Gasteiger partial charge in [0.1, 0.15) is 11.7 Å². The minimum absolute atomic E-state index is 0.317. The number of carbonyl (C=O) groups is 3. The van der Waals surface area contributed by atoms with E-state index in [1.54, 1.807) is 0 Å². The Hall–Kier alpha value is -1.67. The Balaban J connectivity index is 2.30. The Labute approximate surface area is 134 Å². The first-order valence-electron chi connectivity index (χ1n) is 7.45. The average Bonchev–Trinajstić information content (AvgIpc) is 3.14. The van der Waals surface area contributed by atoms with Crippen molar-refractivity contribution in [2.75, 3.05) is 6.61 Å². The second-order valence-electron chi connectivity index (χ2n) is 6.14. The van der Waals surface area contributed by atoms with Gasteiger partial charge in [-0.25, -0.2) is 0 Å². The topological polar surface area (TPSA) is 101 Å². The molecule has 2 rings (SSSR count). The minimum Gasteiger partial charge on any atom is -0.458 e. The van der Waals surface area contributed by atoms with Crippen LogP contribution in [-0.4, -0.2) is 54.7 Å². The lowest BCUT2D eigenvalue weighted by Crippen LogP contribution is -2.60. The van der Waals surface area contributed by atoms with Crippen LogP contribution in [0.4, 0.5) is 0 Å². The molecule has 8 heteroatoms. The smallest absolute Gasteiger partial charge is 0.305 e. The molecule has 0 spiro atoms. The van der Waals surface area contributed by atoms with E-state index in [4.69, 9.17) is 23.7 Å². The number of esters is 3. The fraction of sp³-hybridized carbons (Fsp3) is 0.800. The molecule has 0 aliphatic carbocycles. The molecule has 0 aromatic rings. The van der Waals surface area contributed by atoms with Crippen LogP contribution in [0.15, 0.2) is 0 Å². The molecule has 0 radical (unpaired) electrons. The molecule has 2 aliphatic heterocycles. The van der Waals surface area contributed by atoms with Gasteiger partial charge < -0.3 is 23.7 Å². The molecule has 0 N–H and O–H groups in total. The molecule has 130 valence electrons. The van der Waals surface area contributed by atoms with Gasteiger partial charge >= 0.3 is 17.9 Å². The Morgan fingerprint density at radius 1 is 0.957 bits per heavy atom. The number of hydrogen-bond donors (Lipinski definition) is 0. The van der Waals surface area contributed by atoms with Crippen molar-refractivity contribution in [2.45, 2.75) is 64.8 Å². The van der Waals surface area contributed by atoms with Gasteiger partial charge in [0.15, 0.2) is 0 Å². The molecule has 2 unspecified atom stereocenters. The molecular weight excluding hydrogens is 308 g/mol. The SMILES string of the molecule is CC(=O)OC1O[C@@H](C2(C)CO2)[C@@H](C)[C@@H](OC(C)=O)[C@@H]1OC(C)=O. The second kappa shape index (κ2) is 6.45. The van der Waals surface area contributed by atoms with E-state index in [1.165, 1.54) is 20.8 Å². The van der Waals surface area contributed by atoms with Gasteiger partial charge in [-0.3, -0.25) is 14.4 Å². The molecule has 23 heavy (non-hydrogen) atoms. The zero-order valence-corrected chi connectivity index (χ0v) is 13.9. The van der Waals surface area contributed by atoms with Gasteiger partial charge in [-0.1, -0.05) is 6.92 Å². The van der Waals surface area contributed by atoms with E-state index in [-0.39, 0.29) is 5.92 Å². The van der Waals surface area contributed by atoms with Crippen molar-refractivity contribution < 1.29 is 38.1 Å². The van der Waals surface area contributed by atoms with Gasteiger partial charge in [-0.05, 0) is 6.92 Å². The molecule has 2 heterocycles. The summed E-state index contributed by atoms with van der Waals surface area (Å²) in [4.78, 5) is 34.2. The monoisotopic (exact) mass is 330 g/mol. The lowest BCUT2D eigenvalue weighted by atomic mass is 9.84. The van der Waals surface area contributed by atoms with E-state index in [0.29, 0.717) is 6.61 Å². The summed E-state index contributed by atoms with van der Waals surface area (Å²) in [5.41, 5.74) is -0.544. The third-order valence-corrected chi connectivity index (χ3v) is 3.96. The first-order chi connectivity index (χ1) is 10.6. The molecule has 0 saturated carbocycles. The van der Waals surface area contributed by atoms with Crippen LogP contribution in [0.3, 0.4) is 0 Å². The molecule has 0 amide bonds. The maximum Gasteiger partial charge on any atom is 0.305 e. The van der Waals surface area contributed by atoms with Crippen molar-refractivity contribution in [3.8, 4) is 0 Å². The van der Waals surface area contributed by atoms with Crippen LogP contribution < -0.4 is 0 Å². The fourth-order valence-corrected chi connectivity index (χ4v) is 2.89. The molecular formula is C15H22O8. The number of hydrogen-bond acceptors (Lipinski definition) is 8. The summed E-state index contributed by atoms with van der Waals surface area (Å²) in [5, 5.41) is 0. The first-order valence-corrected chi connectivity index (χ1v) is 7.45. The Kier molecular flexibility index (Phi) is 4.95. The largest absolute Gasteiger partial charge is 0.458 e. The van der Waals surface area contributed by atoms with Crippen molar-refractivity contribution in [1.82, 2.24) is 0 Å². The highest BCUT2D eigenvalue weighted by atomic mass is 16.7. The maximum atomic E-state index is 11.4. The fourth-order valence-electron chi connectivity index (χ4n) is 2.89. The van der Waals surface area contributed by atoms with E-state index in [2.05, 4.69) is 0 Å². The molecule has 0 aromatic heterocycles. The quantitative estimate of drug-likeness (QED) is 0.419. The van der Waals surface area contributed by atoms with Crippen LogP contribution in [-0.2, 0) is 38.1 Å². The van der Waals surface area contributed by atoms with Gasteiger partial charge in [-0.15, -0.1) is 0 Å². The predicted octanol–water partition coefficient (Wildman–Crippen LogP) is 0.563. The predicted molar refractivity (Wildman–Crippen MR) is 75.1 cm³/mol. The maximum absolute atomic E-state index is 11.4. The Bertz CT molecular complexity index is 498. The van der Waals surface area contributed by atoms with Crippen LogP contribution in [0.25, 0.3) is 0 Å². The van der Waals surface area contributed by atoms with Crippen molar-refractivity contribution in [3.05, 3.63) is 0 Å². The average molecular weight is 330 g/mol. The molecule has 6 atom stereocenters. The van der Waals surface area contributed by atoms with Crippen LogP contribution in [0.5, 0.6) is 0 Å². The molecule has 2 aliphatic rings. The molecule has 0 aromatic carbocycles.